The Bertz CT molecular complexity index is 1480. The molecule has 0 bridgehead atoms. The number of nitrogens with one attached hydrogen (secondary N) is 2. The Morgan fingerprint density at radius 3 is 2.79 bits per heavy atom. The third kappa shape index (κ3) is 4.34. The van der Waals surface area contributed by atoms with Crippen LogP contribution in [0.1, 0.15) is 12.5 Å². The zero-order chi connectivity index (χ0) is 23.8. The summed E-state index contributed by atoms with van der Waals surface area (Å²) >= 11 is 2.46. The molecule has 0 spiro atoms. The second kappa shape index (κ2) is 9.03. The van der Waals surface area contributed by atoms with Crippen LogP contribution in [0.5, 0.6) is 0 Å². The molecule has 10 heteroatoms. The number of aromatic nitrogens is 2. The fourth-order valence-corrected chi connectivity index (χ4v) is 5.64. The van der Waals surface area contributed by atoms with Crippen LogP contribution < -0.4 is 15.8 Å². The first-order valence-electron chi connectivity index (χ1n) is 10.5. The molecule has 1 aliphatic rings. The second-order valence-electron chi connectivity index (χ2n) is 7.81. The number of hydrogen-bond donors (Lipinski definition) is 2. The maximum absolute atomic E-state index is 13.2. The van der Waals surface area contributed by atoms with E-state index in [0.717, 1.165) is 35.0 Å². The number of carbonyl (C=O) groups excluding carboxylic acids is 2. The van der Waals surface area contributed by atoms with Crippen molar-refractivity contribution in [2.75, 3.05) is 22.5 Å². The SMILES string of the molecule is CC(=O)N1CCc2cc(NC(=O)CSc3nc4scc(-c5ccc(F)cc5)c4c(=O)[nH]3)ccc21. The Balaban J connectivity index is 1.27. The van der Waals surface area contributed by atoms with Gasteiger partial charge in [0.05, 0.1) is 11.1 Å². The van der Waals surface area contributed by atoms with Crippen LogP contribution in [0.15, 0.2) is 57.8 Å². The van der Waals surface area contributed by atoms with Crippen LogP contribution in [0.4, 0.5) is 15.8 Å². The van der Waals surface area contributed by atoms with E-state index in [-0.39, 0.29) is 28.9 Å². The summed E-state index contributed by atoms with van der Waals surface area (Å²) in [5.74, 6) is -0.500. The molecule has 2 N–H and O–H groups in total. The Morgan fingerprint density at radius 2 is 2.03 bits per heavy atom. The van der Waals surface area contributed by atoms with Gasteiger partial charge in [-0.05, 0) is 47.9 Å². The Labute approximate surface area is 202 Å². The second-order valence-corrected chi connectivity index (χ2v) is 9.63. The van der Waals surface area contributed by atoms with Crippen molar-refractivity contribution in [3.8, 4) is 11.1 Å². The largest absolute Gasteiger partial charge is 0.325 e. The number of thiophene rings is 1. The molecular formula is C24H19FN4O3S2. The van der Waals surface area contributed by atoms with Gasteiger partial charge in [0, 0.05) is 35.8 Å². The highest BCUT2D eigenvalue weighted by molar-refractivity contribution is 7.99. The third-order valence-electron chi connectivity index (χ3n) is 5.56. The molecule has 3 heterocycles. The van der Waals surface area contributed by atoms with E-state index in [1.807, 2.05) is 17.5 Å². The van der Waals surface area contributed by atoms with E-state index in [1.54, 1.807) is 23.1 Å². The van der Waals surface area contributed by atoms with Crippen molar-refractivity contribution in [1.82, 2.24) is 9.97 Å². The van der Waals surface area contributed by atoms with E-state index in [4.69, 9.17) is 0 Å². The minimum atomic E-state index is -0.342. The Kier molecular flexibility index (Phi) is 5.93. The average Bonchev–Trinajstić information content (AvgIpc) is 3.43. The highest BCUT2D eigenvalue weighted by Gasteiger charge is 2.22. The molecule has 5 rings (SSSR count). The number of halogens is 1. The molecule has 7 nitrogen and oxygen atoms in total. The third-order valence-corrected chi connectivity index (χ3v) is 7.30. The average molecular weight is 495 g/mol. The van der Waals surface area contributed by atoms with E-state index >= 15 is 0 Å². The van der Waals surface area contributed by atoms with Crippen LogP contribution in [-0.2, 0) is 16.0 Å². The van der Waals surface area contributed by atoms with Gasteiger partial charge in [0.15, 0.2) is 5.16 Å². The minimum Gasteiger partial charge on any atom is -0.325 e. The van der Waals surface area contributed by atoms with Crippen LogP contribution in [0.25, 0.3) is 21.3 Å². The molecule has 0 fully saturated rings. The zero-order valence-electron chi connectivity index (χ0n) is 18.1. The highest BCUT2D eigenvalue weighted by atomic mass is 32.2. The molecule has 0 radical (unpaired) electrons. The zero-order valence-corrected chi connectivity index (χ0v) is 19.7. The lowest BCUT2D eigenvalue weighted by molar-refractivity contribution is -0.116. The number of thioether (sulfide) groups is 1. The fourth-order valence-electron chi connectivity index (χ4n) is 3.98. The van der Waals surface area contributed by atoms with Gasteiger partial charge in [-0.2, -0.15) is 0 Å². The van der Waals surface area contributed by atoms with Gasteiger partial charge in [-0.3, -0.25) is 14.4 Å². The highest BCUT2D eigenvalue weighted by Crippen LogP contribution is 2.32. The first kappa shape index (κ1) is 22.3. The molecule has 2 aromatic carbocycles. The molecule has 4 aromatic rings. The van der Waals surface area contributed by atoms with Crippen molar-refractivity contribution in [2.45, 2.75) is 18.5 Å². The van der Waals surface area contributed by atoms with Crippen molar-refractivity contribution < 1.29 is 14.0 Å². The molecule has 1 aliphatic heterocycles. The first-order chi connectivity index (χ1) is 16.4. The maximum atomic E-state index is 13.2. The predicted octanol–water partition coefficient (Wildman–Crippen LogP) is 4.43. The lowest BCUT2D eigenvalue weighted by atomic mass is 10.1. The summed E-state index contributed by atoms with van der Waals surface area (Å²) in [5.41, 5.74) is 3.69. The van der Waals surface area contributed by atoms with Crippen LogP contribution in [0.3, 0.4) is 0 Å². The summed E-state index contributed by atoms with van der Waals surface area (Å²) in [7, 11) is 0. The van der Waals surface area contributed by atoms with Crippen molar-refractivity contribution in [2.24, 2.45) is 0 Å². The normalized spacial score (nSPS) is 12.7. The molecule has 0 aliphatic carbocycles. The van der Waals surface area contributed by atoms with Gasteiger partial charge in [0.2, 0.25) is 11.8 Å². The van der Waals surface area contributed by atoms with Crippen molar-refractivity contribution in [3.63, 3.8) is 0 Å². The number of nitrogens with zero attached hydrogens (tertiary/aromatic N) is 2. The standard InChI is InChI=1S/C24H19FN4O3S2/c1-13(30)29-9-8-15-10-17(6-7-19(15)29)26-20(31)12-34-24-27-22(32)21-18(11-33-23(21)28-24)14-2-4-16(25)5-3-14/h2-7,10-11H,8-9,12H2,1H3,(H,26,31)(H,27,28,32). The number of fused-ring (bicyclic) bond motifs is 2. The molecule has 34 heavy (non-hydrogen) atoms. The summed E-state index contributed by atoms with van der Waals surface area (Å²) < 4.78 is 13.2. The number of amides is 2. The van der Waals surface area contributed by atoms with Gasteiger partial charge >= 0.3 is 0 Å². The summed E-state index contributed by atoms with van der Waals surface area (Å²) in [6, 6.07) is 11.5. The monoisotopic (exact) mass is 494 g/mol. The summed E-state index contributed by atoms with van der Waals surface area (Å²) in [6.07, 6.45) is 0.749. The van der Waals surface area contributed by atoms with E-state index in [9.17, 15) is 18.8 Å². The van der Waals surface area contributed by atoms with Crippen LogP contribution in [-0.4, -0.2) is 34.1 Å². The summed E-state index contributed by atoms with van der Waals surface area (Å²) in [4.78, 5) is 46.4. The number of H-pyrrole nitrogens is 1. The van der Waals surface area contributed by atoms with E-state index < -0.39 is 0 Å². The van der Waals surface area contributed by atoms with E-state index in [2.05, 4.69) is 15.3 Å². The van der Waals surface area contributed by atoms with E-state index in [0.29, 0.717) is 33.2 Å². The number of benzene rings is 2. The molecule has 0 saturated carbocycles. The summed E-state index contributed by atoms with van der Waals surface area (Å²) in [5, 5.41) is 5.48. The number of rotatable bonds is 5. The van der Waals surface area contributed by atoms with Crippen LogP contribution >= 0.6 is 23.1 Å². The van der Waals surface area contributed by atoms with Crippen molar-refractivity contribution in [3.05, 3.63) is 69.6 Å². The minimum absolute atomic E-state index is 0.000856. The smallest absolute Gasteiger partial charge is 0.260 e. The van der Waals surface area contributed by atoms with Gasteiger partial charge in [-0.25, -0.2) is 9.37 Å². The molecule has 172 valence electrons. The van der Waals surface area contributed by atoms with Crippen molar-refractivity contribution in [1.29, 1.82) is 0 Å². The van der Waals surface area contributed by atoms with Crippen molar-refractivity contribution >= 4 is 56.5 Å². The quantitative estimate of drug-likeness (QED) is 0.316. The topological polar surface area (TPSA) is 95.2 Å². The van der Waals surface area contributed by atoms with Crippen LogP contribution in [0.2, 0.25) is 0 Å². The molecule has 2 amide bonds. The van der Waals surface area contributed by atoms with Gasteiger partial charge in [-0.15, -0.1) is 11.3 Å². The summed E-state index contributed by atoms with van der Waals surface area (Å²) in [6.45, 7) is 2.18. The lowest BCUT2D eigenvalue weighted by Gasteiger charge is -2.15. The Morgan fingerprint density at radius 1 is 1.24 bits per heavy atom. The lowest BCUT2D eigenvalue weighted by Crippen LogP contribution is -2.25. The first-order valence-corrected chi connectivity index (χ1v) is 12.4. The fraction of sp³-hybridized carbons (Fsp3) is 0.167. The van der Waals surface area contributed by atoms with Gasteiger partial charge in [0.1, 0.15) is 10.6 Å². The molecule has 2 aromatic heterocycles. The number of hydrogen-bond acceptors (Lipinski definition) is 6. The van der Waals surface area contributed by atoms with Gasteiger partial charge in [-0.1, -0.05) is 23.9 Å². The number of carbonyl (C=O) groups is 2. The van der Waals surface area contributed by atoms with Gasteiger partial charge in [0.25, 0.3) is 5.56 Å². The molecule has 0 atom stereocenters. The maximum Gasteiger partial charge on any atom is 0.260 e. The number of aromatic amines is 1. The van der Waals surface area contributed by atoms with E-state index in [1.165, 1.54) is 30.4 Å². The molecular weight excluding hydrogens is 475 g/mol. The van der Waals surface area contributed by atoms with Gasteiger partial charge < -0.3 is 15.2 Å². The molecule has 0 unspecified atom stereocenters. The van der Waals surface area contributed by atoms with Crippen LogP contribution in [0, 0.1) is 5.82 Å². The number of anilines is 2. The predicted molar refractivity (Wildman–Crippen MR) is 133 cm³/mol. The molecule has 0 saturated heterocycles. The Hall–Kier alpha value is -3.50.